The average molecular weight is 777 g/mol. The Hall–Kier alpha value is -6.57. The van der Waals surface area contributed by atoms with Crippen molar-refractivity contribution in [2.45, 2.75) is 85.7 Å². The van der Waals surface area contributed by atoms with Crippen LogP contribution in [0.2, 0.25) is 0 Å². The van der Waals surface area contributed by atoms with Crippen LogP contribution in [0.25, 0.3) is 23.2 Å². The second-order valence-corrected chi connectivity index (χ2v) is 16.0. The first-order chi connectivity index (χ1) is 26.7. The predicted molar refractivity (Wildman–Crippen MR) is 218 cm³/mol. The fourth-order valence-electron chi connectivity index (χ4n) is 5.22. The Balaban J connectivity index is 1.76. The number of fused-ring (bicyclic) bond motifs is 1. The maximum atomic E-state index is 14.1. The molecule has 0 spiro atoms. The summed E-state index contributed by atoms with van der Waals surface area (Å²) in [4.78, 5) is 70.7. The van der Waals surface area contributed by atoms with Crippen LogP contribution in [0.1, 0.15) is 79.0 Å². The molecule has 0 fully saturated rings. The van der Waals surface area contributed by atoms with Gasteiger partial charge in [-0.2, -0.15) is 19.9 Å². The van der Waals surface area contributed by atoms with Gasteiger partial charge in [-0.1, -0.05) is 84.9 Å². The van der Waals surface area contributed by atoms with Crippen molar-refractivity contribution in [3.8, 4) is 5.88 Å². The molecule has 0 aliphatic heterocycles. The van der Waals surface area contributed by atoms with Gasteiger partial charge >= 0.3 is 24.0 Å². The van der Waals surface area contributed by atoms with Crippen molar-refractivity contribution in [3.05, 3.63) is 112 Å². The van der Waals surface area contributed by atoms with Crippen LogP contribution >= 0.6 is 0 Å². The summed E-state index contributed by atoms with van der Waals surface area (Å²) in [5.74, 6) is -0.949. The first kappa shape index (κ1) is 41.6. The van der Waals surface area contributed by atoms with Gasteiger partial charge in [-0.05, 0) is 91.1 Å². The zero-order valence-electron chi connectivity index (χ0n) is 33.9. The molecule has 0 bridgehead atoms. The van der Waals surface area contributed by atoms with Crippen LogP contribution in [-0.2, 0) is 27.9 Å². The van der Waals surface area contributed by atoms with Crippen molar-refractivity contribution in [2.75, 3.05) is 9.80 Å². The van der Waals surface area contributed by atoms with Crippen molar-refractivity contribution < 1.29 is 33.3 Å². The Kier molecular flexibility index (Phi) is 12.2. The Bertz CT molecular complexity index is 2300. The molecule has 0 N–H and O–H groups in total. The number of aryl methyl sites for hydroxylation is 1. The second kappa shape index (κ2) is 16.7. The van der Waals surface area contributed by atoms with Crippen LogP contribution in [0.5, 0.6) is 5.88 Å². The third kappa shape index (κ3) is 11.0. The van der Waals surface area contributed by atoms with Gasteiger partial charge in [0.05, 0.1) is 5.69 Å². The number of carbonyl (C=O) groups is 3. The summed E-state index contributed by atoms with van der Waals surface area (Å²) < 4.78 is 24.5. The fraction of sp³-hybridized carbons (Fsp3) is 0.326. The van der Waals surface area contributed by atoms with Gasteiger partial charge in [0.1, 0.15) is 28.8 Å². The number of aromatic nitrogens is 4. The van der Waals surface area contributed by atoms with Gasteiger partial charge in [0.2, 0.25) is 11.8 Å². The van der Waals surface area contributed by atoms with Crippen molar-refractivity contribution in [1.29, 1.82) is 0 Å². The highest BCUT2D eigenvalue weighted by molar-refractivity contribution is 6.14. The van der Waals surface area contributed by atoms with Gasteiger partial charge < -0.3 is 18.9 Å². The quantitative estimate of drug-likeness (QED) is 0.109. The van der Waals surface area contributed by atoms with E-state index in [2.05, 4.69) is 4.98 Å². The van der Waals surface area contributed by atoms with E-state index in [-0.39, 0.29) is 29.5 Å². The molecule has 57 heavy (non-hydrogen) atoms. The van der Waals surface area contributed by atoms with Gasteiger partial charge in [0.25, 0.3) is 0 Å². The highest BCUT2D eigenvalue weighted by Crippen LogP contribution is 2.36. The molecule has 0 atom stereocenters. The predicted octanol–water partition coefficient (Wildman–Crippen LogP) is 9.22. The summed E-state index contributed by atoms with van der Waals surface area (Å²) in [6.07, 6.45) is 0.729. The molecule has 5 aromatic rings. The minimum Gasteiger partial charge on any atom is -0.472 e. The second-order valence-electron chi connectivity index (χ2n) is 16.0. The number of rotatable bonds is 8. The van der Waals surface area contributed by atoms with Crippen molar-refractivity contribution in [2.24, 2.45) is 7.05 Å². The molecule has 298 valence electrons. The highest BCUT2D eigenvalue weighted by Gasteiger charge is 2.38. The highest BCUT2D eigenvalue weighted by atomic mass is 16.6. The topological polar surface area (TPSA) is 155 Å². The lowest BCUT2D eigenvalue weighted by Crippen LogP contribution is -2.45. The normalized spacial score (nSPS) is 12.0. The van der Waals surface area contributed by atoms with E-state index >= 15 is 0 Å². The largest absolute Gasteiger partial charge is 0.472 e. The van der Waals surface area contributed by atoms with E-state index in [9.17, 15) is 19.2 Å². The summed E-state index contributed by atoms with van der Waals surface area (Å²) >= 11 is 0. The Morgan fingerprint density at radius 1 is 0.649 bits per heavy atom. The molecule has 2 aromatic heterocycles. The molecule has 0 saturated carbocycles. The zero-order chi connectivity index (χ0) is 41.7. The van der Waals surface area contributed by atoms with Crippen molar-refractivity contribution in [1.82, 2.24) is 19.5 Å². The summed E-state index contributed by atoms with van der Waals surface area (Å²) in [6.45, 7) is 14.8. The number of hydrogen-bond acceptors (Lipinski definition) is 11. The summed E-state index contributed by atoms with van der Waals surface area (Å²) in [6, 6.07) is 26.0. The summed E-state index contributed by atoms with van der Waals surface area (Å²) in [7, 11) is 1.40. The maximum Gasteiger partial charge on any atom is 0.425 e. The first-order valence-electron chi connectivity index (χ1n) is 18.3. The number of nitrogens with zero attached hydrogens (tertiary/aromatic N) is 6. The van der Waals surface area contributed by atoms with Crippen molar-refractivity contribution >= 4 is 58.9 Å². The van der Waals surface area contributed by atoms with Gasteiger partial charge in [-0.3, -0.25) is 4.57 Å². The minimum absolute atomic E-state index is 0.0531. The molecular formula is C43H48N6O8. The molecule has 5 rings (SSSR count). The minimum atomic E-state index is -1.17. The monoisotopic (exact) mass is 776 g/mol. The number of amides is 3. The molecule has 3 amide bonds. The van der Waals surface area contributed by atoms with E-state index in [0.717, 1.165) is 26.2 Å². The number of carbonyl (C=O) groups excluding carboxylic acids is 3. The van der Waals surface area contributed by atoms with E-state index in [1.807, 2.05) is 84.9 Å². The molecule has 3 aromatic carbocycles. The van der Waals surface area contributed by atoms with E-state index in [4.69, 9.17) is 28.9 Å². The van der Waals surface area contributed by atoms with Crippen LogP contribution in [0.3, 0.4) is 0 Å². The molecule has 2 heterocycles. The van der Waals surface area contributed by atoms with Crippen LogP contribution in [0.15, 0.2) is 89.7 Å². The van der Waals surface area contributed by atoms with Crippen LogP contribution in [0.4, 0.5) is 31.8 Å². The summed E-state index contributed by atoms with van der Waals surface area (Å²) in [5, 5.41) is -0.112. The van der Waals surface area contributed by atoms with Crippen LogP contribution < -0.4 is 20.2 Å². The Labute approximate surface area is 331 Å². The molecule has 0 aliphatic rings. The molecule has 0 radical (unpaired) electrons. The smallest absolute Gasteiger partial charge is 0.425 e. The lowest BCUT2D eigenvalue weighted by atomic mass is 10.1. The van der Waals surface area contributed by atoms with Gasteiger partial charge in [-0.25, -0.2) is 24.1 Å². The Morgan fingerprint density at radius 3 is 1.67 bits per heavy atom. The molecule has 0 aliphatic carbocycles. The Morgan fingerprint density at radius 2 is 1.14 bits per heavy atom. The fourth-order valence-corrected chi connectivity index (χ4v) is 5.22. The molecule has 0 unspecified atom stereocenters. The van der Waals surface area contributed by atoms with Crippen LogP contribution in [0, 0.1) is 0 Å². The molecule has 14 nitrogen and oxygen atoms in total. The maximum absolute atomic E-state index is 14.1. The zero-order valence-corrected chi connectivity index (χ0v) is 33.9. The number of ether oxygens (including phenoxy) is 4. The van der Waals surface area contributed by atoms with Crippen LogP contribution in [-0.4, -0.2) is 54.6 Å². The SMILES string of the molecule is Cn1c(=O)nc(N(C(=O)OC(C)(C)C)C(=O)OC(C)(C)C)c2c(OCc3ccccc3)nc(N(C(=O)OC(C)(C)C)c3ccc(/C=C/c4ccccc4)cc3)nc21. The number of anilines is 3. The molecule has 14 heteroatoms. The number of hydrogen-bond donors (Lipinski definition) is 0. The number of benzene rings is 3. The van der Waals surface area contributed by atoms with E-state index in [1.54, 1.807) is 74.4 Å². The summed E-state index contributed by atoms with van der Waals surface area (Å²) in [5.41, 5.74) is -1.15. The van der Waals surface area contributed by atoms with E-state index in [1.165, 1.54) is 7.05 Å². The van der Waals surface area contributed by atoms with E-state index in [0.29, 0.717) is 10.6 Å². The molecule has 0 saturated heterocycles. The van der Waals surface area contributed by atoms with Gasteiger partial charge in [-0.15, -0.1) is 0 Å². The molecular weight excluding hydrogens is 729 g/mol. The van der Waals surface area contributed by atoms with Gasteiger partial charge in [0.15, 0.2) is 11.5 Å². The van der Waals surface area contributed by atoms with E-state index < -0.39 is 46.6 Å². The lowest BCUT2D eigenvalue weighted by molar-refractivity contribution is 0.0428. The van der Waals surface area contributed by atoms with Gasteiger partial charge in [0, 0.05) is 7.05 Å². The third-order valence-electron chi connectivity index (χ3n) is 7.65. The van der Waals surface area contributed by atoms with Crippen molar-refractivity contribution in [3.63, 3.8) is 0 Å². The standard InChI is InChI=1S/C43H48N6O8/c1-41(2,3)55-38(51)48(31-25-23-29(24-26-31)22-21-28-17-13-11-14-18-28)36-44-33-32(35(46-36)54-27-30-19-15-12-16-20-30)34(45-37(50)47(33)10)49(39(52)56-42(4,5)6)40(53)57-43(7,8)9/h11-26H,27H2,1-10H3/b22-21+. The first-order valence-corrected chi connectivity index (χ1v) is 18.3. The average Bonchev–Trinajstić information content (AvgIpc) is 3.11. The lowest BCUT2D eigenvalue weighted by Gasteiger charge is -2.29. The number of imide groups is 1. The third-order valence-corrected chi connectivity index (χ3v) is 7.65.